The fourth-order valence-electron chi connectivity index (χ4n) is 3.69. The van der Waals surface area contributed by atoms with Gasteiger partial charge in [0.1, 0.15) is 11.4 Å². The standard InChI is InChI=1S/C20H24ClN5O2/c1-3-26-17-10-22-20(24-19(17)25(2)11-18(26)27)23-15-7-13(8-15)12-28-16-6-4-5-14(21)9-16/h4-6,9-10,13,15H,3,7-8,11-12H2,1-2H3,(H,22,23,24)/t13-,15+. The third kappa shape index (κ3) is 3.85. The molecule has 0 radical (unpaired) electrons. The second-order valence-electron chi connectivity index (χ2n) is 7.34. The summed E-state index contributed by atoms with van der Waals surface area (Å²) in [7, 11) is 1.88. The van der Waals surface area contributed by atoms with Crippen molar-refractivity contribution >= 4 is 35.0 Å². The van der Waals surface area contributed by atoms with Gasteiger partial charge < -0.3 is 19.9 Å². The summed E-state index contributed by atoms with van der Waals surface area (Å²) in [5, 5.41) is 4.09. The molecule has 0 saturated heterocycles. The molecule has 2 heterocycles. The molecular formula is C20H24ClN5O2. The number of halogens is 1. The highest BCUT2D eigenvalue weighted by atomic mass is 35.5. The van der Waals surface area contributed by atoms with Crippen LogP contribution < -0.4 is 19.9 Å². The molecular weight excluding hydrogens is 378 g/mol. The number of rotatable bonds is 6. The van der Waals surface area contributed by atoms with Crippen LogP contribution in [0.25, 0.3) is 0 Å². The first kappa shape index (κ1) is 18.8. The number of hydrogen-bond donors (Lipinski definition) is 1. The third-order valence-electron chi connectivity index (χ3n) is 5.24. The first-order valence-electron chi connectivity index (χ1n) is 9.57. The number of amides is 1. The lowest BCUT2D eigenvalue weighted by molar-refractivity contribution is -0.117. The van der Waals surface area contributed by atoms with Gasteiger partial charge in [-0.3, -0.25) is 4.79 Å². The fourth-order valence-corrected chi connectivity index (χ4v) is 3.87. The van der Waals surface area contributed by atoms with E-state index in [1.54, 1.807) is 11.1 Å². The summed E-state index contributed by atoms with van der Waals surface area (Å²) in [6.07, 6.45) is 3.76. The maximum absolute atomic E-state index is 12.1. The van der Waals surface area contributed by atoms with E-state index in [0.29, 0.717) is 42.6 Å². The van der Waals surface area contributed by atoms with Crippen LogP contribution >= 0.6 is 11.6 Å². The second-order valence-corrected chi connectivity index (χ2v) is 7.78. The highest BCUT2D eigenvalue weighted by Gasteiger charge is 2.32. The Balaban J connectivity index is 1.31. The molecule has 1 saturated carbocycles. The summed E-state index contributed by atoms with van der Waals surface area (Å²) in [5.74, 6) is 2.78. The topological polar surface area (TPSA) is 70.6 Å². The molecule has 1 aromatic heterocycles. The first-order valence-corrected chi connectivity index (χ1v) is 9.94. The van der Waals surface area contributed by atoms with Gasteiger partial charge in [-0.05, 0) is 43.9 Å². The summed E-state index contributed by atoms with van der Waals surface area (Å²) in [6.45, 7) is 3.59. The van der Waals surface area contributed by atoms with E-state index in [2.05, 4.69) is 15.3 Å². The molecule has 1 fully saturated rings. The Morgan fingerprint density at radius 2 is 2.18 bits per heavy atom. The number of aromatic nitrogens is 2. The van der Waals surface area contributed by atoms with Crippen molar-refractivity contribution in [2.24, 2.45) is 5.92 Å². The molecule has 0 spiro atoms. The average Bonchev–Trinajstić information content (AvgIpc) is 2.64. The number of anilines is 3. The maximum Gasteiger partial charge on any atom is 0.246 e. The zero-order valence-electron chi connectivity index (χ0n) is 16.1. The van der Waals surface area contributed by atoms with E-state index in [9.17, 15) is 4.79 Å². The van der Waals surface area contributed by atoms with Crippen LogP contribution in [0.5, 0.6) is 5.75 Å². The molecule has 2 aromatic rings. The monoisotopic (exact) mass is 401 g/mol. The van der Waals surface area contributed by atoms with Gasteiger partial charge in [-0.15, -0.1) is 0 Å². The van der Waals surface area contributed by atoms with Gasteiger partial charge in [0.15, 0.2) is 5.82 Å². The van der Waals surface area contributed by atoms with Gasteiger partial charge in [0.05, 0.1) is 19.3 Å². The van der Waals surface area contributed by atoms with Crippen LogP contribution in [0.1, 0.15) is 19.8 Å². The Kier molecular flexibility index (Phi) is 5.26. The summed E-state index contributed by atoms with van der Waals surface area (Å²) >= 11 is 5.98. The van der Waals surface area contributed by atoms with E-state index in [1.807, 2.05) is 43.1 Å². The molecule has 2 aliphatic rings. The number of carbonyl (C=O) groups is 1. The van der Waals surface area contributed by atoms with Gasteiger partial charge in [0, 0.05) is 24.7 Å². The predicted molar refractivity (Wildman–Crippen MR) is 110 cm³/mol. The maximum atomic E-state index is 12.1. The van der Waals surface area contributed by atoms with Crippen LogP contribution in [0.2, 0.25) is 5.02 Å². The minimum absolute atomic E-state index is 0.0725. The number of likely N-dealkylation sites (N-methyl/N-ethyl adjacent to an activating group) is 2. The zero-order valence-corrected chi connectivity index (χ0v) is 16.8. The number of fused-ring (bicyclic) bond motifs is 1. The lowest BCUT2D eigenvalue weighted by Crippen LogP contribution is -2.45. The largest absolute Gasteiger partial charge is 0.493 e. The number of nitrogens with one attached hydrogen (secondary N) is 1. The van der Waals surface area contributed by atoms with Crippen molar-refractivity contribution in [3.05, 3.63) is 35.5 Å². The molecule has 0 atom stereocenters. The van der Waals surface area contributed by atoms with Crippen LogP contribution in [0, 0.1) is 5.92 Å². The van der Waals surface area contributed by atoms with E-state index in [0.717, 1.165) is 30.1 Å². The number of ether oxygens (including phenoxy) is 1. The molecule has 4 rings (SSSR count). The van der Waals surface area contributed by atoms with Crippen molar-refractivity contribution < 1.29 is 9.53 Å². The molecule has 148 valence electrons. The molecule has 8 heteroatoms. The van der Waals surface area contributed by atoms with E-state index >= 15 is 0 Å². The molecule has 7 nitrogen and oxygen atoms in total. The molecule has 1 aliphatic heterocycles. The van der Waals surface area contributed by atoms with E-state index < -0.39 is 0 Å². The summed E-state index contributed by atoms with van der Waals surface area (Å²) in [5.41, 5.74) is 0.771. The van der Waals surface area contributed by atoms with Crippen LogP contribution in [0.4, 0.5) is 17.5 Å². The van der Waals surface area contributed by atoms with Gasteiger partial charge in [-0.1, -0.05) is 17.7 Å². The Hall–Kier alpha value is -2.54. The molecule has 0 bridgehead atoms. The highest BCUT2D eigenvalue weighted by Crippen LogP contribution is 2.33. The van der Waals surface area contributed by atoms with Crippen molar-refractivity contribution in [1.29, 1.82) is 0 Å². The number of benzene rings is 1. The van der Waals surface area contributed by atoms with Gasteiger partial charge in [0.25, 0.3) is 0 Å². The van der Waals surface area contributed by atoms with Gasteiger partial charge in [-0.2, -0.15) is 4.98 Å². The van der Waals surface area contributed by atoms with Crippen molar-refractivity contribution in [3.63, 3.8) is 0 Å². The molecule has 1 N–H and O–H groups in total. The van der Waals surface area contributed by atoms with Crippen LogP contribution in [-0.4, -0.2) is 48.7 Å². The molecule has 1 aromatic carbocycles. The number of hydrogen-bond acceptors (Lipinski definition) is 6. The summed E-state index contributed by atoms with van der Waals surface area (Å²) in [6, 6.07) is 7.81. The lowest BCUT2D eigenvalue weighted by Gasteiger charge is -2.36. The Labute approximate surface area is 169 Å². The quantitative estimate of drug-likeness (QED) is 0.801. The number of carbonyl (C=O) groups excluding carboxylic acids is 1. The average molecular weight is 402 g/mol. The molecule has 0 unspecified atom stereocenters. The minimum Gasteiger partial charge on any atom is -0.493 e. The lowest BCUT2D eigenvalue weighted by atomic mass is 9.81. The van der Waals surface area contributed by atoms with Crippen LogP contribution in [0.3, 0.4) is 0 Å². The smallest absolute Gasteiger partial charge is 0.246 e. The molecule has 28 heavy (non-hydrogen) atoms. The first-order chi connectivity index (χ1) is 13.5. The summed E-state index contributed by atoms with van der Waals surface area (Å²) < 4.78 is 5.82. The van der Waals surface area contributed by atoms with Crippen molar-refractivity contribution in [3.8, 4) is 5.75 Å². The predicted octanol–water partition coefficient (Wildman–Crippen LogP) is 3.20. The molecule has 1 amide bonds. The minimum atomic E-state index is 0.0725. The number of nitrogens with zero attached hydrogens (tertiary/aromatic N) is 4. The third-order valence-corrected chi connectivity index (χ3v) is 5.48. The Morgan fingerprint density at radius 3 is 2.93 bits per heavy atom. The van der Waals surface area contributed by atoms with Crippen molar-refractivity contribution in [1.82, 2.24) is 9.97 Å². The SMILES string of the molecule is CCN1C(=O)CN(C)c2nc(N[C@H]3C[C@@H](COc4cccc(Cl)c4)C3)ncc21. The van der Waals surface area contributed by atoms with Crippen LogP contribution in [-0.2, 0) is 4.79 Å². The van der Waals surface area contributed by atoms with Gasteiger partial charge in [0.2, 0.25) is 11.9 Å². The zero-order chi connectivity index (χ0) is 19.7. The Bertz CT molecular complexity index is 871. The second kappa shape index (κ2) is 7.83. The van der Waals surface area contributed by atoms with E-state index in [4.69, 9.17) is 16.3 Å². The van der Waals surface area contributed by atoms with E-state index in [-0.39, 0.29) is 5.91 Å². The van der Waals surface area contributed by atoms with Gasteiger partial charge in [-0.25, -0.2) is 4.98 Å². The Morgan fingerprint density at radius 1 is 1.36 bits per heavy atom. The van der Waals surface area contributed by atoms with Crippen LogP contribution in [0.15, 0.2) is 30.5 Å². The highest BCUT2D eigenvalue weighted by molar-refractivity contribution is 6.30. The van der Waals surface area contributed by atoms with Crippen molar-refractivity contribution in [2.75, 3.05) is 41.9 Å². The normalized spacial score (nSPS) is 21.2. The van der Waals surface area contributed by atoms with Crippen molar-refractivity contribution in [2.45, 2.75) is 25.8 Å². The fraction of sp³-hybridized carbons (Fsp3) is 0.450. The molecule has 1 aliphatic carbocycles. The summed E-state index contributed by atoms with van der Waals surface area (Å²) in [4.78, 5) is 24.8. The van der Waals surface area contributed by atoms with Gasteiger partial charge >= 0.3 is 0 Å². The van der Waals surface area contributed by atoms with E-state index in [1.165, 1.54) is 0 Å².